The molecule has 0 spiro atoms. The maximum absolute atomic E-state index is 2.35. The minimum Gasteiger partial charge on any atom is -0.0581 e. The molecule has 1 fully saturated rings. The molecule has 0 heterocycles. The van der Waals surface area contributed by atoms with E-state index in [1.165, 1.54) is 54.4 Å². The molecule has 3 rings (SSSR count). The molecule has 2 aromatic rings. The molecule has 1 aliphatic carbocycles. The number of benzene rings is 2. The van der Waals surface area contributed by atoms with Crippen LogP contribution in [0.4, 0.5) is 0 Å². The Morgan fingerprint density at radius 2 is 1.18 bits per heavy atom. The average molecular weight is 292 g/mol. The minimum absolute atomic E-state index is 0.226. The van der Waals surface area contributed by atoms with Crippen LogP contribution < -0.4 is 0 Å². The highest BCUT2D eigenvalue weighted by atomic mass is 14.2. The molecule has 0 N–H and O–H groups in total. The molecular weight excluding hydrogens is 264 g/mol. The van der Waals surface area contributed by atoms with Gasteiger partial charge < -0.3 is 0 Å². The van der Waals surface area contributed by atoms with Gasteiger partial charge in [0.1, 0.15) is 0 Å². The molecule has 0 aliphatic heterocycles. The molecule has 0 unspecified atom stereocenters. The molecule has 1 aliphatic rings. The molecule has 0 saturated heterocycles. The van der Waals surface area contributed by atoms with Crippen LogP contribution in [0.5, 0.6) is 0 Å². The first-order valence-electron chi connectivity index (χ1n) is 8.75. The van der Waals surface area contributed by atoms with E-state index in [9.17, 15) is 0 Å². The summed E-state index contributed by atoms with van der Waals surface area (Å²) in [6.07, 6.45) is 6.98. The van der Waals surface area contributed by atoms with Gasteiger partial charge in [0.05, 0.1) is 0 Å². The molecule has 0 heteroatoms. The third kappa shape index (κ3) is 3.43. The standard InChI is InChI=1S/C22H28/c1-22(2,3)21-15-13-20(14-16-21)19-11-9-18(10-12-19)17-7-5-4-6-8-17/h9-17H,4-8H2,1-3H3. The van der Waals surface area contributed by atoms with E-state index in [2.05, 4.69) is 69.3 Å². The van der Waals surface area contributed by atoms with E-state index in [1.807, 2.05) is 0 Å². The second kappa shape index (κ2) is 6.28. The van der Waals surface area contributed by atoms with Gasteiger partial charge >= 0.3 is 0 Å². The minimum atomic E-state index is 0.226. The highest BCUT2D eigenvalue weighted by molar-refractivity contribution is 5.64. The second-order valence-corrected chi connectivity index (χ2v) is 7.78. The molecule has 22 heavy (non-hydrogen) atoms. The number of rotatable bonds is 2. The van der Waals surface area contributed by atoms with Gasteiger partial charge in [-0.25, -0.2) is 0 Å². The Balaban J connectivity index is 1.77. The van der Waals surface area contributed by atoms with Crippen molar-refractivity contribution >= 4 is 0 Å². The smallest absolute Gasteiger partial charge is 0.0132 e. The zero-order valence-corrected chi connectivity index (χ0v) is 14.2. The van der Waals surface area contributed by atoms with Gasteiger partial charge in [0.25, 0.3) is 0 Å². The first-order valence-corrected chi connectivity index (χ1v) is 8.75. The molecule has 116 valence electrons. The Bertz CT molecular complexity index is 590. The average Bonchev–Trinajstić information content (AvgIpc) is 2.55. The summed E-state index contributed by atoms with van der Waals surface area (Å²) < 4.78 is 0. The van der Waals surface area contributed by atoms with E-state index >= 15 is 0 Å². The van der Waals surface area contributed by atoms with Crippen molar-refractivity contribution in [2.45, 2.75) is 64.2 Å². The van der Waals surface area contributed by atoms with Crippen molar-refractivity contribution < 1.29 is 0 Å². The third-order valence-electron chi connectivity index (χ3n) is 5.07. The fourth-order valence-electron chi connectivity index (χ4n) is 3.55. The zero-order valence-electron chi connectivity index (χ0n) is 14.2. The number of hydrogen-bond donors (Lipinski definition) is 0. The molecule has 1 saturated carbocycles. The summed E-state index contributed by atoms with van der Waals surface area (Å²) in [6, 6.07) is 18.4. The van der Waals surface area contributed by atoms with E-state index in [0.717, 1.165) is 5.92 Å². The highest BCUT2D eigenvalue weighted by Gasteiger charge is 2.16. The Hall–Kier alpha value is -1.56. The van der Waals surface area contributed by atoms with Crippen LogP contribution >= 0.6 is 0 Å². The maximum Gasteiger partial charge on any atom is -0.0132 e. The van der Waals surface area contributed by atoms with Crippen LogP contribution in [-0.2, 0) is 5.41 Å². The van der Waals surface area contributed by atoms with Crippen molar-refractivity contribution in [2.24, 2.45) is 0 Å². The van der Waals surface area contributed by atoms with Crippen LogP contribution in [0.2, 0.25) is 0 Å². The second-order valence-electron chi connectivity index (χ2n) is 7.78. The Labute approximate surface area is 135 Å². The fourth-order valence-corrected chi connectivity index (χ4v) is 3.55. The van der Waals surface area contributed by atoms with E-state index < -0.39 is 0 Å². The first kappa shape index (κ1) is 15.3. The van der Waals surface area contributed by atoms with Crippen molar-refractivity contribution in [3.05, 3.63) is 59.7 Å². The van der Waals surface area contributed by atoms with Crippen molar-refractivity contribution in [3.63, 3.8) is 0 Å². The lowest BCUT2D eigenvalue weighted by Gasteiger charge is -2.22. The largest absolute Gasteiger partial charge is 0.0581 e. The summed E-state index contributed by atoms with van der Waals surface area (Å²) in [5.74, 6) is 0.797. The predicted octanol–water partition coefficient (Wildman–Crippen LogP) is 6.70. The highest BCUT2D eigenvalue weighted by Crippen LogP contribution is 2.34. The lowest BCUT2D eigenvalue weighted by atomic mass is 9.83. The quantitative estimate of drug-likeness (QED) is 0.577. The summed E-state index contributed by atoms with van der Waals surface area (Å²) in [4.78, 5) is 0. The molecular formula is C22H28. The number of hydrogen-bond acceptors (Lipinski definition) is 0. The van der Waals surface area contributed by atoms with E-state index in [-0.39, 0.29) is 5.41 Å². The molecule has 0 radical (unpaired) electrons. The molecule has 0 aromatic heterocycles. The zero-order chi connectivity index (χ0) is 15.6. The first-order chi connectivity index (χ1) is 10.5. The lowest BCUT2D eigenvalue weighted by molar-refractivity contribution is 0.443. The Morgan fingerprint density at radius 3 is 1.68 bits per heavy atom. The van der Waals surface area contributed by atoms with Crippen molar-refractivity contribution in [1.82, 2.24) is 0 Å². The van der Waals surface area contributed by atoms with Crippen molar-refractivity contribution in [3.8, 4) is 11.1 Å². The monoisotopic (exact) mass is 292 g/mol. The third-order valence-corrected chi connectivity index (χ3v) is 5.07. The Morgan fingerprint density at radius 1 is 0.682 bits per heavy atom. The summed E-state index contributed by atoms with van der Waals surface area (Å²) in [5.41, 5.74) is 5.82. The predicted molar refractivity (Wildman–Crippen MR) is 96.4 cm³/mol. The molecule has 0 bridgehead atoms. The van der Waals surface area contributed by atoms with Crippen LogP contribution in [0.15, 0.2) is 48.5 Å². The summed E-state index contributed by atoms with van der Waals surface area (Å²) in [7, 11) is 0. The van der Waals surface area contributed by atoms with Crippen molar-refractivity contribution in [2.75, 3.05) is 0 Å². The van der Waals surface area contributed by atoms with Gasteiger partial charge in [-0.2, -0.15) is 0 Å². The van der Waals surface area contributed by atoms with Gasteiger partial charge in [-0.1, -0.05) is 88.6 Å². The summed E-state index contributed by atoms with van der Waals surface area (Å²) in [6.45, 7) is 6.79. The van der Waals surface area contributed by atoms with Gasteiger partial charge in [0.15, 0.2) is 0 Å². The van der Waals surface area contributed by atoms with Gasteiger partial charge in [-0.3, -0.25) is 0 Å². The van der Waals surface area contributed by atoms with Gasteiger partial charge in [0.2, 0.25) is 0 Å². The van der Waals surface area contributed by atoms with Crippen LogP contribution in [0.1, 0.15) is 69.9 Å². The Kier molecular flexibility index (Phi) is 4.38. The van der Waals surface area contributed by atoms with E-state index in [0.29, 0.717) is 0 Å². The van der Waals surface area contributed by atoms with Crippen LogP contribution in [0, 0.1) is 0 Å². The fraction of sp³-hybridized carbons (Fsp3) is 0.455. The molecule has 2 aromatic carbocycles. The van der Waals surface area contributed by atoms with Crippen LogP contribution in [-0.4, -0.2) is 0 Å². The summed E-state index contributed by atoms with van der Waals surface area (Å²) in [5, 5.41) is 0. The van der Waals surface area contributed by atoms with Gasteiger partial charge in [-0.05, 0) is 46.4 Å². The van der Waals surface area contributed by atoms with Crippen LogP contribution in [0.25, 0.3) is 11.1 Å². The maximum atomic E-state index is 2.35. The summed E-state index contributed by atoms with van der Waals surface area (Å²) >= 11 is 0. The van der Waals surface area contributed by atoms with E-state index in [4.69, 9.17) is 0 Å². The van der Waals surface area contributed by atoms with Gasteiger partial charge in [-0.15, -0.1) is 0 Å². The normalized spacial score (nSPS) is 16.7. The van der Waals surface area contributed by atoms with Crippen LogP contribution in [0.3, 0.4) is 0 Å². The topological polar surface area (TPSA) is 0 Å². The van der Waals surface area contributed by atoms with E-state index in [1.54, 1.807) is 0 Å². The molecule has 0 atom stereocenters. The molecule has 0 nitrogen and oxygen atoms in total. The van der Waals surface area contributed by atoms with Crippen molar-refractivity contribution in [1.29, 1.82) is 0 Å². The van der Waals surface area contributed by atoms with Gasteiger partial charge in [0, 0.05) is 0 Å². The lowest BCUT2D eigenvalue weighted by Crippen LogP contribution is -2.10. The SMILES string of the molecule is CC(C)(C)c1ccc(-c2ccc(C3CCCCC3)cc2)cc1. The molecule has 0 amide bonds.